The van der Waals surface area contributed by atoms with E-state index in [-0.39, 0.29) is 29.0 Å². The number of ether oxygens (including phenoxy) is 3. The molecule has 4 rings (SSSR count). The first-order valence-electron chi connectivity index (χ1n) is 11.3. The Morgan fingerprint density at radius 2 is 1.67 bits per heavy atom. The molecule has 0 radical (unpaired) electrons. The van der Waals surface area contributed by atoms with Gasteiger partial charge in [0, 0.05) is 30.9 Å². The van der Waals surface area contributed by atoms with Gasteiger partial charge >= 0.3 is 11.9 Å². The van der Waals surface area contributed by atoms with Crippen LogP contribution in [-0.4, -0.2) is 47.4 Å². The van der Waals surface area contributed by atoms with Crippen LogP contribution >= 0.6 is 0 Å². The molecule has 4 heterocycles. The van der Waals surface area contributed by atoms with Crippen molar-refractivity contribution in [3.63, 3.8) is 0 Å². The van der Waals surface area contributed by atoms with Gasteiger partial charge in [-0.1, -0.05) is 6.07 Å². The summed E-state index contributed by atoms with van der Waals surface area (Å²) >= 11 is 0. The average Bonchev–Trinajstić information content (AvgIpc) is 3.25. The highest BCUT2D eigenvalue weighted by Crippen LogP contribution is 2.34. The summed E-state index contributed by atoms with van der Waals surface area (Å²) in [7, 11) is 0. The molecule has 0 aliphatic heterocycles. The maximum absolute atomic E-state index is 14.7. The lowest BCUT2D eigenvalue weighted by atomic mass is 10.1. The average molecular weight is 499 g/mol. The molecule has 0 aliphatic carbocycles. The van der Waals surface area contributed by atoms with Crippen molar-refractivity contribution in [2.45, 2.75) is 58.7 Å². The Morgan fingerprint density at radius 1 is 0.917 bits per heavy atom. The van der Waals surface area contributed by atoms with E-state index in [1.54, 1.807) is 12.3 Å². The van der Waals surface area contributed by atoms with Gasteiger partial charge in [0.2, 0.25) is 5.88 Å². The summed E-state index contributed by atoms with van der Waals surface area (Å²) in [5, 5.41) is 4.54. The van der Waals surface area contributed by atoms with E-state index in [0.717, 1.165) is 0 Å². The lowest BCUT2D eigenvalue weighted by molar-refractivity contribution is -0.0502. The highest BCUT2D eigenvalue weighted by atomic mass is 19.3. The monoisotopic (exact) mass is 498 g/mol. The van der Waals surface area contributed by atoms with Crippen molar-refractivity contribution in [3.8, 4) is 28.9 Å². The van der Waals surface area contributed by atoms with Gasteiger partial charge in [0.05, 0.1) is 5.56 Å². The SMILES string of the molecule is CC(C)(C)Oc1ncc(-c2cc(OCC(F)(F)c3ccccn3)c3nccn3n2)c(OC(C)(C)C)n1. The molecule has 11 heteroatoms. The highest BCUT2D eigenvalue weighted by Gasteiger charge is 2.35. The van der Waals surface area contributed by atoms with Gasteiger partial charge in [-0.2, -0.15) is 18.9 Å². The number of halogens is 2. The van der Waals surface area contributed by atoms with Gasteiger partial charge in [0.15, 0.2) is 18.0 Å². The van der Waals surface area contributed by atoms with Crippen LogP contribution in [0.25, 0.3) is 16.9 Å². The van der Waals surface area contributed by atoms with Crippen molar-refractivity contribution < 1.29 is 23.0 Å². The number of pyridine rings is 1. The number of nitrogens with zero attached hydrogens (tertiary/aromatic N) is 6. The quantitative estimate of drug-likeness (QED) is 0.347. The van der Waals surface area contributed by atoms with Crippen LogP contribution in [0.4, 0.5) is 8.78 Å². The van der Waals surface area contributed by atoms with Crippen molar-refractivity contribution in [1.29, 1.82) is 0 Å². The molecule has 9 nitrogen and oxygen atoms in total. The summed E-state index contributed by atoms with van der Waals surface area (Å²) in [5.74, 6) is -2.98. The van der Waals surface area contributed by atoms with E-state index >= 15 is 0 Å². The molecule has 4 aromatic heterocycles. The molecule has 0 saturated carbocycles. The summed E-state index contributed by atoms with van der Waals surface area (Å²) in [6.45, 7) is 10.3. The smallest absolute Gasteiger partial charge is 0.322 e. The topological polar surface area (TPSA) is 96.6 Å². The van der Waals surface area contributed by atoms with Crippen molar-refractivity contribution in [3.05, 3.63) is 54.7 Å². The standard InChI is InChI=1S/C25H28F2N6O3/c1-23(2,3)35-21-16(14-30-22(31-21)36-24(4,5)6)17-13-18(20-29-11-12-33(20)32-17)34-15-25(26,27)19-9-7-8-10-28-19/h7-14H,15H2,1-6H3. The number of aromatic nitrogens is 6. The van der Waals surface area contributed by atoms with E-state index in [4.69, 9.17) is 14.2 Å². The molecule has 0 saturated heterocycles. The maximum Gasteiger partial charge on any atom is 0.322 e. The molecule has 190 valence electrons. The van der Waals surface area contributed by atoms with Gasteiger partial charge in [-0.05, 0) is 53.7 Å². The molecule has 0 bridgehead atoms. The fourth-order valence-corrected chi connectivity index (χ4v) is 3.16. The third-order valence-corrected chi connectivity index (χ3v) is 4.58. The van der Waals surface area contributed by atoms with Crippen LogP contribution in [0.2, 0.25) is 0 Å². The third kappa shape index (κ3) is 6.02. The van der Waals surface area contributed by atoms with E-state index in [9.17, 15) is 8.78 Å². The van der Waals surface area contributed by atoms with Crippen molar-refractivity contribution in [2.24, 2.45) is 0 Å². The lowest BCUT2D eigenvalue weighted by Gasteiger charge is -2.24. The predicted molar refractivity (Wildman–Crippen MR) is 128 cm³/mol. The molecule has 0 fully saturated rings. The summed E-state index contributed by atoms with van der Waals surface area (Å²) in [6.07, 6.45) is 5.92. The number of rotatable bonds is 7. The van der Waals surface area contributed by atoms with E-state index in [0.29, 0.717) is 11.3 Å². The number of hydrogen-bond acceptors (Lipinski definition) is 8. The Kier molecular flexibility index (Phi) is 6.50. The second-order valence-corrected chi connectivity index (χ2v) is 10.1. The molecule has 36 heavy (non-hydrogen) atoms. The second-order valence-electron chi connectivity index (χ2n) is 10.1. The summed E-state index contributed by atoms with van der Waals surface area (Å²) in [6, 6.07) is 5.97. The Bertz CT molecular complexity index is 1350. The van der Waals surface area contributed by atoms with Crippen LogP contribution in [0.3, 0.4) is 0 Å². The Hall–Kier alpha value is -3.89. The number of hydrogen-bond donors (Lipinski definition) is 0. The Labute approximate surface area is 207 Å². The minimum atomic E-state index is -3.32. The maximum atomic E-state index is 14.7. The molecule has 0 aromatic carbocycles. The first-order chi connectivity index (χ1) is 16.8. The first-order valence-corrected chi connectivity index (χ1v) is 11.3. The normalized spacial score (nSPS) is 12.6. The molecule has 4 aromatic rings. The van der Waals surface area contributed by atoms with Crippen LogP contribution in [0, 0.1) is 0 Å². The second kappa shape index (κ2) is 9.29. The first kappa shape index (κ1) is 25.2. The zero-order valence-corrected chi connectivity index (χ0v) is 21.0. The zero-order chi connectivity index (χ0) is 26.1. The highest BCUT2D eigenvalue weighted by molar-refractivity contribution is 5.68. The van der Waals surface area contributed by atoms with Crippen LogP contribution in [0.1, 0.15) is 47.2 Å². The Morgan fingerprint density at radius 3 is 2.33 bits per heavy atom. The lowest BCUT2D eigenvalue weighted by Crippen LogP contribution is -2.26. The van der Waals surface area contributed by atoms with E-state index in [1.165, 1.54) is 41.3 Å². The van der Waals surface area contributed by atoms with Crippen LogP contribution in [-0.2, 0) is 5.92 Å². The fraction of sp³-hybridized carbons (Fsp3) is 0.400. The number of imidazole rings is 1. The fourth-order valence-electron chi connectivity index (χ4n) is 3.16. The summed E-state index contributed by atoms with van der Waals surface area (Å²) < 4.78 is 48.4. The number of alkyl halides is 2. The van der Waals surface area contributed by atoms with Gasteiger partial charge in [-0.25, -0.2) is 14.5 Å². The summed E-state index contributed by atoms with van der Waals surface area (Å²) in [5.41, 5.74) is -0.439. The molecule has 0 amide bonds. The minimum absolute atomic E-state index is 0.109. The van der Waals surface area contributed by atoms with Crippen LogP contribution < -0.4 is 14.2 Å². The van der Waals surface area contributed by atoms with Gasteiger partial charge < -0.3 is 14.2 Å². The van der Waals surface area contributed by atoms with E-state index < -0.39 is 23.7 Å². The third-order valence-electron chi connectivity index (χ3n) is 4.58. The van der Waals surface area contributed by atoms with Crippen molar-refractivity contribution in [2.75, 3.05) is 6.61 Å². The molecular formula is C25H28F2N6O3. The zero-order valence-electron chi connectivity index (χ0n) is 21.0. The van der Waals surface area contributed by atoms with E-state index in [1.807, 2.05) is 41.5 Å². The van der Waals surface area contributed by atoms with Crippen LogP contribution in [0.5, 0.6) is 17.6 Å². The Balaban J connectivity index is 1.73. The summed E-state index contributed by atoms with van der Waals surface area (Å²) in [4.78, 5) is 16.7. The molecule has 0 unspecified atom stereocenters. The van der Waals surface area contributed by atoms with Gasteiger partial charge in [-0.15, -0.1) is 0 Å². The predicted octanol–water partition coefficient (Wildman–Crippen LogP) is 5.11. The van der Waals surface area contributed by atoms with Crippen LogP contribution in [0.15, 0.2) is 49.1 Å². The van der Waals surface area contributed by atoms with Gasteiger partial charge in [-0.3, -0.25) is 4.98 Å². The van der Waals surface area contributed by atoms with E-state index in [2.05, 4.69) is 25.0 Å². The minimum Gasteiger partial charge on any atom is -0.483 e. The molecule has 0 aliphatic rings. The largest absolute Gasteiger partial charge is 0.483 e. The molecule has 0 N–H and O–H groups in total. The molecular weight excluding hydrogens is 470 g/mol. The van der Waals surface area contributed by atoms with Gasteiger partial charge in [0.25, 0.3) is 0 Å². The van der Waals surface area contributed by atoms with Gasteiger partial charge in [0.1, 0.15) is 22.6 Å². The molecule has 0 atom stereocenters. The van der Waals surface area contributed by atoms with Crippen molar-refractivity contribution in [1.82, 2.24) is 29.5 Å². The molecule has 0 spiro atoms. The van der Waals surface area contributed by atoms with Crippen molar-refractivity contribution >= 4 is 5.65 Å². The number of fused-ring (bicyclic) bond motifs is 1.